The van der Waals surface area contributed by atoms with Gasteiger partial charge < -0.3 is 19.9 Å². The Morgan fingerprint density at radius 1 is 0.897 bits per heavy atom. The predicted octanol–water partition coefficient (Wildman–Crippen LogP) is 4.72. The molecule has 0 aliphatic rings. The maximum atomic E-state index is 12.7. The van der Waals surface area contributed by atoms with Crippen LogP contribution in [-0.2, 0) is 9.53 Å². The molecule has 2 amide bonds. The minimum absolute atomic E-state index is 0.233. The molecule has 0 aliphatic carbocycles. The molecule has 0 saturated carbocycles. The van der Waals surface area contributed by atoms with Crippen molar-refractivity contribution in [1.82, 2.24) is 15.3 Å². The summed E-state index contributed by atoms with van der Waals surface area (Å²) in [6, 6.07) is 24.7. The summed E-state index contributed by atoms with van der Waals surface area (Å²) in [4.78, 5) is 45.2. The average molecular weight is 527 g/mol. The van der Waals surface area contributed by atoms with Gasteiger partial charge in [-0.1, -0.05) is 60.7 Å². The van der Waals surface area contributed by atoms with E-state index in [1.54, 1.807) is 43.3 Å². The minimum atomic E-state index is -1.24. The van der Waals surface area contributed by atoms with E-state index >= 15 is 0 Å². The highest BCUT2D eigenvalue weighted by atomic mass is 16.6. The predicted molar refractivity (Wildman–Crippen MR) is 143 cm³/mol. The second kappa shape index (κ2) is 12.8. The third-order valence-corrected chi connectivity index (χ3v) is 5.61. The Hall–Kier alpha value is -5.25. The fraction of sp³-hybridized carbons (Fsp3) is 0.138. The van der Waals surface area contributed by atoms with Crippen molar-refractivity contribution in [3.63, 3.8) is 0 Å². The molecule has 0 aliphatic heterocycles. The second-order valence-corrected chi connectivity index (χ2v) is 8.41. The third-order valence-electron chi connectivity index (χ3n) is 5.61. The summed E-state index contributed by atoms with van der Waals surface area (Å²) >= 11 is 0. The zero-order valence-corrected chi connectivity index (χ0v) is 21.0. The molecule has 3 N–H and O–H groups in total. The van der Waals surface area contributed by atoms with Gasteiger partial charge in [0, 0.05) is 17.3 Å². The Labute approximate surface area is 224 Å². The first-order valence-electron chi connectivity index (χ1n) is 12.1. The van der Waals surface area contributed by atoms with E-state index in [0.29, 0.717) is 17.1 Å². The van der Waals surface area contributed by atoms with E-state index in [4.69, 9.17) is 9.47 Å². The SMILES string of the molecule is CC(OC(=O)Nc1ccnc(-c2ccc(C(=O)NC(COc3ccccc3)C(=O)O)cc2)n1)c1ccccc1. The maximum absolute atomic E-state index is 12.7. The van der Waals surface area contributed by atoms with Crippen molar-refractivity contribution in [3.05, 3.63) is 108 Å². The molecule has 0 spiro atoms. The van der Waals surface area contributed by atoms with Gasteiger partial charge in [0.2, 0.25) is 0 Å². The summed E-state index contributed by atoms with van der Waals surface area (Å²) < 4.78 is 10.9. The van der Waals surface area contributed by atoms with Gasteiger partial charge in [-0.05, 0) is 42.8 Å². The number of carbonyl (C=O) groups is 3. The monoisotopic (exact) mass is 526 g/mol. The van der Waals surface area contributed by atoms with Crippen molar-refractivity contribution in [2.24, 2.45) is 0 Å². The van der Waals surface area contributed by atoms with Crippen molar-refractivity contribution < 1.29 is 29.0 Å². The molecule has 4 rings (SSSR count). The fourth-order valence-electron chi connectivity index (χ4n) is 3.54. The van der Waals surface area contributed by atoms with Crippen LogP contribution in [0.25, 0.3) is 11.4 Å². The van der Waals surface area contributed by atoms with Crippen molar-refractivity contribution in [2.75, 3.05) is 11.9 Å². The summed E-state index contributed by atoms with van der Waals surface area (Å²) in [5.41, 5.74) is 1.69. The van der Waals surface area contributed by atoms with E-state index in [9.17, 15) is 19.5 Å². The highest BCUT2D eigenvalue weighted by Gasteiger charge is 2.22. The fourth-order valence-corrected chi connectivity index (χ4v) is 3.54. The van der Waals surface area contributed by atoms with Crippen LogP contribution in [0.4, 0.5) is 10.6 Å². The summed E-state index contributed by atoms with van der Waals surface area (Å²) in [6.45, 7) is 1.54. The summed E-state index contributed by atoms with van der Waals surface area (Å²) in [5, 5.41) is 14.5. The Balaban J connectivity index is 1.36. The van der Waals surface area contributed by atoms with Gasteiger partial charge in [-0.15, -0.1) is 0 Å². The van der Waals surface area contributed by atoms with Crippen LogP contribution in [0.5, 0.6) is 5.75 Å². The lowest BCUT2D eigenvalue weighted by Gasteiger charge is -2.16. The van der Waals surface area contributed by atoms with Crippen LogP contribution in [0.3, 0.4) is 0 Å². The molecule has 198 valence electrons. The number of aromatic nitrogens is 2. The molecule has 1 aromatic heterocycles. The highest BCUT2D eigenvalue weighted by molar-refractivity contribution is 5.97. The van der Waals surface area contributed by atoms with Crippen LogP contribution in [-0.4, -0.2) is 45.7 Å². The van der Waals surface area contributed by atoms with Gasteiger partial charge in [-0.3, -0.25) is 10.1 Å². The molecule has 0 saturated heterocycles. The largest absolute Gasteiger partial charge is 0.491 e. The van der Waals surface area contributed by atoms with Crippen molar-refractivity contribution in [2.45, 2.75) is 19.1 Å². The van der Waals surface area contributed by atoms with Crippen LogP contribution in [0.1, 0.15) is 28.9 Å². The van der Waals surface area contributed by atoms with Crippen molar-refractivity contribution >= 4 is 23.8 Å². The van der Waals surface area contributed by atoms with E-state index in [1.807, 2.05) is 36.4 Å². The Morgan fingerprint density at radius 2 is 1.56 bits per heavy atom. The normalized spacial score (nSPS) is 12.0. The van der Waals surface area contributed by atoms with E-state index in [0.717, 1.165) is 5.56 Å². The summed E-state index contributed by atoms with van der Waals surface area (Å²) in [6.07, 6.45) is 0.382. The zero-order chi connectivity index (χ0) is 27.6. The van der Waals surface area contributed by atoms with Gasteiger partial charge >= 0.3 is 12.1 Å². The molecule has 2 atom stereocenters. The van der Waals surface area contributed by atoms with Gasteiger partial charge in [0.1, 0.15) is 24.3 Å². The third kappa shape index (κ3) is 7.62. The molecule has 2 unspecified atom stereocenters. The first-order valence-corrected chi connectivity index (χ1v) is 12.1. The average Bonchev–Trinajstić information content (AvgIpc) is 2.96. The van der Waals surface area contributed by atoms with E-state index in [-0.39, 0.29) is 18.0 Å². The number of aliphatic carboxylic acids is 1. The van der Waals surface area contributed by atoms with Gasteiger partial charge in [-0.25, -0.2) is 19.6 Å². The number of nitrogens with zero attached hydrogens (tertiary/aromatic N) is 2. The molecule has 0 bridgehead atoms. The first kappa shape index (κ1) is 26.8. The molecular weight excluding hydrogens is 500 g/mol. The molecule has 10 nitrogen and oxygen atoms in total. The molecule has 0 fully saturated rings. The van der Waals surface area contributed by atoms with Gasteiger partial charge in [0.25, 0.3) is 5.91 Å². The Kier molecular flexibility index (Phi) is 8.81. The lowest BCUT2D eigenvalue weighted by atomic mass is 10.1. The number of hydrogen-bond acceptors (Lipinski definition) is 7. The van der Waals surface area contributed by atoms with E-state index in [1.165, 1.54) is 24.4 Å². The second-order valence-electron chi connectivity index (χ2n) is 8.41. The van der Waals surface area contributed by atoms with Crippen LogP contribution in [0.2, 0.25) is 0 Å². The molecule has 10 heteroatoms. The van der Waals surface area contributed by atoms with Crippen LogP contribution in [0, 0.1) is 0 Å². The topological polar surface area (TPSA) is 140 Å². The van der Waals surface area contributed by atoms with Crippen LogP contribution >= 0.6 is 0 Å². The lowest BCUT2D eigenvalue weighted by molar-refractivity contribution is -0.140. The number of benzene rings is 3. The van der Waals surface area contributed by atoms with Crippen LogP contribution < -0.4 is 15.4 Å². The number of carbonyl (C=O) groups excluding carboxylic acids is 2. The molecule has 4 aromatic rings. The number of amides is 2. The summed E-state index contributed by atoms with van der Waals surface area (Å²) in [7, 11) is 0. The van der Waals surface area contributed by atoms with E-state index < -0.39 is 30.1 Å². The Morgan fingerprint density at radius 3 is 2.23 bits per heavy atom. The number of para-hydroxylation sites is 1. The molecule has 39 heavy (non-hydrogen) atoms. The standard InChI is InChI=1S/C29H26N4O6/c1-19(20-8-4-2-5-9-20)39-29(37)33-25-16-17-30-26(32-25)21-12-14-22(15-13-21)27(34)31-24(28(35)36)18-38-23-10-6-3-7-11-23/h2-17,19,24H,18H2,1H3,(H,31,34)(H,35,36)(H,30,32,33,37). The zero-order valence-electron chi connectivity index (χ0n) is 21.0. The first-order chi connectivity index (χ1) is 18.9. The number of carboxylic acids is 1. The number of carboxylic acid groups (broad SMARTS) is 1. The Bertz CT molecular complexity index is 1410. The van der Waals surface area contributed by atoms with Gasteiger partial charge in [0.05, 0.1) is 0 Å². The molecular formula is C29H26N4O6. The number of anilines is 1. The molecule has 1 heterocycles. The quantitative estimate of drug-likeness (QED) is 0.270. The van der Waals surface area contributed by atoms with E-state index in [2.05, 4.69) is 20.6 Å². The van der Waals surface area contributed by atoms with Crippen molar-refractivity contribution in [3.8, 4) is 17.1 Å². The minimum Gasteiger partial charge on any atom is -0.491 e. The maximum Gasteiger partial charge on any atom is 0.413 e. The molecule has 0 radical (unpaired) electrons. The molecule has 3 aromatic carbocycles. The highest BCUT2D eigenvalue weighted by Crippen LogP contribution is 2.19. The number of rotatable bonds is 10. The number of hydrogen-bond donors (Lipinski definition) is 3. The van der Waals surface area contributed by atoms with Gasteiger partial charge in [0.15, 0.2) is 11.9 Å². The van der Waals surface area contributed by atoms with Crippen molar-refractivity contribution in [1.29, 1.82) is 0 Å². The lowest BCUT2D eigenvalue weighted by Crippen LogP contribution is -2.44. The number of ether oxygens (including phenoxy) is 2. The van der Waals surface area contributed by atoms with Gasteiger partial charge in [-0.2, -0.15) is 0 Å². The summed E-state index contributed by atoms with van der Waals surface area (Å²) in [5.74, 6) is -0.731. The smallest absolute Gasteiger partial charge is 0.413 e. The number of nitrogens with one attached hydrogen (secondary N) is 2. The van der Waals surface area contributed by atoms with Crippen LogP contribution in [0.15, 0.2) is 97.2 Å².